The lowest BCUT2D eigenvalue weighted by Gasteiger charge is -2.32. The zero-order valence-corrected chi connectivity index (χ0v) is 16.0. The molecule has 3 rings (SSSR count). The lowest BCUT2D eigenvalue weighted by atomic mass is 9.99. The van der Waals surface area contributed by atoms with Gasteiger partial charge in [0.15, 0.2) is 0 Å². The fourth-order valence-corrected chi connectivity index (χ4v) is 4.76. The van der Waals surface area contributed by atoms with Crippen molar-refractivity contribution in [1.29, 1.82) is 0 Å². The van der Waals surface area contributed by atoms with Gasteiger partial charge in [0, 0.05) is 35.3 Å². The third-order valence-corrected chi connectivity index (χ3v) is 6.17. The predicted octanol–water partition coefficient (Wildman–Crippen LogP) is 3.22. The number of furan rings is 1. The second-order valence-corrected chi connectivity index (χ2v) is 9.57. The Hall–Kier alpha value is -1.53. The number of nitrogens with zero attached hydrogens (tertiary/aromatic N) is 1. The molecule has 5 nitrogen and oxygen atoms in total. The summed E-state index contributed by atoms with van der Waals surface area (Å²) in [6, 6.07) is 3.70. The van der Waals surface area contributed by atoms with Crippen molar-refractivity contribution >= 4 is 38.3 Å². The zero-order chi connectivity index (χ0) is 18.2. The fraction of sp³-hybridized carbons (Fsp3) is 0.500. The summed E-state index contributed by atoms with van der Waals surface area (Å²) in [4.78, 5) is 14.4. The lowest BCUT2D eigenvalue weighted by molar-refractivity contribution is -0.132. The molecule has 2 heterocycles. The van der Waals surface area contributed by atoms with E-state index in [-0.39, 0.29) is 24.0 Å². The van der Waals surface area contributed by atoms with Gasteiger partial charge in [0.25, 0.3) is 0 Å². The van der Waals surface area contributed by atoms with E-state index in [0.29, 0.717) is 18.1 Å². The van der Waals surface area contributed by atoms with Crippen LogP contribution in [0.25, 0.3) is 11.0 Å². The highest BCUT2D eigenvalue weighted by molar-refractivity contribution is 7.90. The van der Waals surface area contributed by atoms with Crippen molar-refractivity contribution in [3.8, 4) is 0 Å². The molecule has 0 saturated carbocycles. The van der Waals surface area contributed by atoms with Crippen LogP contribution >= 0.6 is 11.6 Å². The van der Waals surface area contributed by atoms with E-state index in [1.807, 2.05) is 19.1 Å². The zero-order valence-electron chi connectivity index (χ0n) is 14.4. The van der Waals surface area contributed by atoms with Gasteiger partial charge in [0.05, 0.1) is 18.4 Å². The van der Waals surface area contributed by atoms with Crippen molar-refractivity contribution in [2.24, 2.45) is 5.92 Å². The first-order chi connectivity index (χ1) is 11.7. The molecule has 1 aliphatic rings. The molecule has 25 heavy (non-hydrogen) atoms. The normalized spacial score (nSPS) is 18.7. The number of hydrogen-bond acceptors (Lipinski definition) is 4. The lowest BCUT2D eigenvalue weighted by Crippen LogP contribution is -2.42. The highest BCUT2D eigenvalue weighted by atomic mass is 35.5. The van der Waals surface area contributed by atoms with Crippen LogP contribution in [0.2, 0.25) is 5.02 Å². The van der Waals surface area contributed by atoms with Gasteiger partial charge in [-0.15, -0.1) is 0 Å². The number of likely N-dealkylation sites (tertiary alicyclic amines) is 1. The van der Waals surface area contributed by atoms with Crippen LogP contribution < -0.4 is 0 Å². The van der Waals surface area contributed by atoms with E-state index < -0.39 is 9.84 Å². The summed E-state index contributed by atoms with van der Waals surface area (Å²) in [7, 11) is -3.03. The van der Waals surface area contributed by atoms with Crippen LogP contribution in [0.1, 0.15) is 24.0 Å². The number of halogens is 1. The number of rotatable bonds is 4. The molecule has 0 N–H and O–H groups in total. The average Bonchev–Trinajstić information content (AvgIpc) is 2.88. The van der Waals surface area contributed by atoms with Crippen molar-refractivity contribution in [1.82, 2.24) is 4.90 Å². The van der Waals surface area contributed by atoms with Crippen LogP contribution in [-0.2, 0) is 21.1 Å². The van der Waals surface area contributed by atoms with Gasteiger partial charge in [0.2, 0.25) is 5.91 Å². The molecule has 7 heteroatoms. The Morgan fingerprint density at radius 1 is 1.40 bits per heavy atom. The van der Waals surface area contributed by atoms with E-state index in [4.69, 9.17) is 16.0 Å². The molecule has 0 aliphatic carbocycles. The molecule has 1 atom stereocenters. The first-order valence-corrected chi connectivity index (χ1v) is 10.8. The molecule has 136 valence electrons. The van der Waals surface area contributed by atoms with Gasteiger partial charge in [-0.1, -0.05) is 11.6 Å². The second-order valence-electron chi connectivity index (χ2n) is 6.98. The van der Waals surface area contributed by atoms with Crippen LogP contribution in [0.15, 0.2) is 22.8 Å². The molecule has 1 fully saturated rings. The molecule has 2 aromatic rings. The highest BCUT2D eigenvalue weighted by Gasteiger charge is 2.26. The maximum absolute atomic E-state index is 12.7. The van der Waals surface area contributed by atoms with Gasteiger partial charge >= 0.3 is 0 Å². The Morgan fingerprint density at radius 2 is 2.16 bits per heavy atom. The number of hydrogen-bond donors (Lipinski definition) is 0. The van der Waals surface area contributed by atoms with Gasteiger partial charge in [0.1, 0.15) is 15.4 Å². The molecule has 0 radical (unpaired) electrons. The smallest absolute Gasteiger partial charge is 0.227 e. The van der Waals surface area contributed by atoms with Gasteiger partial charge in [-0.25, -0.2) is 8.42 Å². The van der Waals surface area contributed by atoms with Crippen LogP contribution in [0, 0.1) is 12.8 Å². The van der Waals surface area contributed by atoms with Crippen molar-refractivity contribution < 1.29 is 17.6 Å². The summed E-state index contributed by atoms with van der Waals surface area (Å²) >= 11 is 6.19. The number of carbonyl (C=O) groups excluding carboxylic acids is 1. The van der Waals surface area contributed by atoms with Gasteiger partial charge in [-0.3, -0.25) is 4.79 Å². The summed E-state index contributed by atoms with van der Waals surface area (Å²) < 4.78 is 28.6. The number of carbonyl (C=O) groups is 1. The number of aryl methyl sites for hydroxylation is 1. The quantitative estimate of drug-likeness (QED) is 0.812. The van der Waals surface area contributed by atoms with E-state index in [1.54, 1.807) is 11.2 Å². The Labute approximate surface area is 152 Å². The van der Waals surface area contributed by atoms with Crippen molar-refractivity contribution in [3.63, 3.8) is 0 Å². The van der Waals surface area contributed by atoms with Crippen molar-refractivity contribution in [2.45, 2.75) is 26.2 Å². The van der Waals surface area contributed by atoms with Gasteiger partial charge < -0.3 is 9.32 Å². The third-order valence-electron chi connectivity index (χ3n) is 4.69. The van der Waals surface area contributed by atoms with Crippen LogP contribution in [0.4, 0.5) is 0 Å². The van der Waals surface area contributed by atoms with E-state index in [9.17, 15) is 13.2 Å². The van der Waals surface area contributed by atoms with E-state index in [1.165, 1.54) is 6.26 Å². The van der Waals surface area contributed by atoms with E-state index in [2.05, 4.69) is 0 Å². The van der Waals surface area contributed by atoms with Crippen LogP contribution in [-0.4, -0.2) is 44.3 Å². The standard InChI is InChI=1S/C18H22ClNO4S/c1-12-6-17-15(8-16(12)19)14(10-24-17)7-18(21)20-5-3-4-13(9-20)11-25(2,22)23/h6,8,10,13H,3-5,7,9,11H2,1-2H3. The molecule has 1 aromatic heterocycles. The summed E-state index contributed by atoms with van der Waals surface area (Å²) in [5.41, 5.74) is 2.46. The molecule has 0 spiro atoms. The molecule has 1 saturated heterocycles. The monoisotopic (exact) mass is 383 g/mol. The topological polar surface area (TPSA) is 67.6 Å². The Kier molecular flexibility index (Phi) is 5.11. The Morgan fingerprint density at radius 3 is 2.88 bits per heavy atom. The minimum atomic E-state index is -3.03. The highest BCUT2D eigenvalue weighted by Crippen LogP contribution is 2.28. The summed E-state index contributed by atoms with van der Waals surface area (Å²) in [5.74, 6) is 0.156. The van der Waals surface area contributed by atoms with E-state index in [0.717, 1.165) is 34.9 Å². The van der Waals surface area contributed by atoms with Crippen LogP contribution in [0.5, 0.6) is 0 Å². The summed E-state index contributed by atoms with van der Waals surface area (Å²) in [6.07, 6.45) is 4.77. The minimum absolute atomic E-state index is 0.00222. The van der Waals surface area contributed by atoms with Crippen LogP contribution in [0.3, 0.4) is 0 Å². The van der Waals surface area contributed by atoms with E-state index >= 15 is 0 Å². The maximum atomic E-state index is 12.7. The van der Waals surface area contributed by atoms with Crippen molar-refractivity contribution in [3.05, 3.63) is 34.5 Å². The largest absolute Gasteiger partial charge is 0.464 e. The van der Waals surface area contributed by atoms with Gasteiger partial charge in [-0.2, -0.15) is 0 Å². The number of sulfone groups is 1. The number of amides is 1. The molecule has 1 aliphatic heterocycles. The minimum Gasteiger partial charge on any atom is -0.464 e. The summed E-state index contributed by atoms with van der Waals surface area (Å²) in [5, 5.41) is 1.50. The third kappa shape index (κ3) is 4.36. The SMILES string of the molecule is Cc1cc2occ(CC(=O)N3CCCC(CS(C)(=O)=O)C3)c2cc1Cl. The molecule has 0 bridgehead atoms. The number of fused-ring (bicyclic) bond motifs is 1. The Bertz CT molecular complexity index is 903. The second kappa shape index (κ2) is 7.00. The molecule has 1 aromatic carbocycles. The number of piperidine rings is 1. The summed E-state index contributed by atoms with van der Waals surface area (Å²) in [6.45, 7) is 3.08. The first-order valence-electron chi connectivity index (χ1n) is 8.34. The Balaban J connectivity index is 1.73. The molecular formula is C18H22ClNO4S. The van der Waals surface area contributed by atoms with Gasteiger partial charge in [-0.05, 0) is 43.4 Å². The molecular weight excluding hydrogens is 362 g/mol. The first kappa shape index (κ1) is 18.3. The molecule has 1 amide bonds. The maximum Gasteiger partial charge on any atom is 0.227 e. The molecule has 1 unspecified atom stereocenters. The average molecular weight is 384 g/mol. The predicted molar refractivity (Wildman–Crippen MR) is 98.7 cm³/mol. The number of benzene rings is 1. The fourth-order valence-electron chi connectivity index (χ4n) is 3.47. The van der Waals surface area contributed by atoms with Crippen molar-refractivity contribution in [2.75, 3.05) is 25.1 Å².